The Labute approximate surface area is 116 Å². The first-order valence-corrected chi connectivity index (χ1v) is 7.02. The summed E-state index contributed by atoms with van der Waals surface area (Å²) in [5.41, 5.74) is 1.67. The third-order valence-electron chi connectivity index (χ3n) is 2.77. The summed E-state index contributed by atoms with van der Waals surface area (Å²) in [5, 5.41) is 12.0. The summed E-state index contributed by atoms with van der Waals surface area (Å²) in [6.07, 6.45) is 2.03. The second-order valence-corrected chi connectivity index (χ2v) is 4.86. The first kappa shape index (κ1) is 13.4. The smallest absolute Gasteiger partial charge is 0.143 e. The van der Waals surface area contributed by atoms with Crippen molar-refractivity contribution in [3.63, 3.8) is 0 Å². The molecule has 0 saturated carbocycles. The van der Waals surface area contributed by atoms with E-state index in [4.69, 9.17) is 5.26 Å². The standard InChI is InChI=1S/C15H13FN2S/c1-19-12-7-5-11(6-8-12)10-18-15-4-2-3-14(16)13(15)9-17/h2-8,18H,10H2,1H3. The van der Waals surface area contributed by atoms with E-state index in [0.717, 1.165) is 5.56 Å². The normalized spacial score (nSPS) is 9.95. The molecule has 0 fully saturated rings. The Balaban J connectivity index is 2.10. The molecule has 0 atom stereocenters. The molecule has 96 valence electrons. The number of hydrogen-bond donors (Lipinski definition) is 1. The fraction of sp³-hybridized carbons (Fsp3) is 0.133. The van der Waals surface area contributed by atoms with Crippen LogP contribution in [0.1, 0.15) is 11.1 Å². The summed E-state index contributed by atoms with van der Waals surface area (Å²) < 4.78 is 13.4. The van der Waals surface area contributed by atoms with Crippen molar-refractivity contribution in [3.8, 4) is 6.07 Å². The number of nitriles is 1. The molecule has 4 heteroatoms. The lowest BCUT2D eigenvalue weighted by Gasteiger charge is -2.09. The molecular formula is C15H13FN2S. The van der Waals surface area contributed by atoms with E-state index in [1.807, 2.05) is 36.6 Å². The topological polar surface area (TPSA) is 35.8 Å². The average molecular weight is 272 g/mol. The van der Waals surface area contributed by atoms with Gasteiger partial charge in [0, 0.05) is 11.4 Å². The van der Waals surface area contributed by atoms with Gasteiger partial charge in [0.15, 0.2) is 0 Å². The van der Waals surface area contributed by atoms with Crippen molar-refractivity contribution in [3.05, 3.63) is 59.4 Å². The molecule has 0 aliphatic heterocycles. The molecule has 0 aromatic heterocycles. The van der Waals surface area contributed by atoms with Gasteiger partial charge in [-0.3, -0.25) is 0 Å². The van der Waals surface area contributed by atoms with Gasteiger partial charge < -0.3 is 5.32 Å². The number of rotatable bonds is 4. The third-order valence-corrected chi connectivity index (χ3v) is 3.51. The lowest BCUT2D eigenvalue weighted by molar-refractivity contribution is 0.624. The van der Waals surface area contributed by atoms with Crippen LogP contribution in [0.25, 0.3) is 0 Å². The van der Waals surface area contributed by atoms with Crippen molar-refractivity contribution < 1.29 is 4.39 Å². The molecule has 0 aliphatic rings. The van der Waals surface area contributed by atoms with E-state index in [2.05, 4.69) is 5.32 Å². The van der Waals surface area contributed by atoms with Crippen LogP contribution >= 0.6 is 11.8 Å². The first-order chi connectivity index (χ1) is 9.24. The zero-order valence-electron chi connectivity index (χ0n) is 10.5. The van der Waals surface area contributed by atoms with Crippen LogP contribution in [0.5, 0.6) is 0 Å². The van der Waals surface area contributed by atoms with Gasteiger partial charge in [0.1, 0.15) is 17.4 Å². The van der Waals surface area contributed by atoms with Gasteiger partial charge in [0.25, 0.3) is 0 Å². The first-order valence-electron chi connectivity index (χ1n) is 5.80. The van der Waals surface area contributed by atoms with Gasteiger partial charge in [-0.15, -0.1) is 11.8 Å². The van der Waals surface area contributed by atoms with E-state index < -0.39 is 5.82 Å². The maximum absolute atomic E-state index is 13.4. The quantitative estimate of drug-likeness (QED) is 0.853. The highest BCUT2D eigenvalue weighted by Gasteiger charge is 2.06. The van der Waals surface area contributed by atoms with Gasteiger partial charge in [-0.2, -0.15) is 5.26 Å². The van der Waals surface area contributed by atoms with E-state index in [1.54, 1.807) is 23.9 Å². The summed E-state index contributed by atoms with van der Waals surface area (Å²) in [7, 11) is 0. The van der Waals surface area contributed by atoms with Gasteiger partial charge in [-0.05, 0) is 36.1 Å². The minimum Gasteiger partial charge on any atom is -0.380 e. The molecule has 2 rings (SSSR count). The van der Waals surface area contributed by atoms with Crippen molar-refractivity contribution >= 4 is 17.4 Å². The maximum atomic E-state index is 13.4. The van der Waals surface area contributed by atoms with Gasteiger partial charge in [-0.25, -0.2) is 4.39 Å². The predicted molar refractivity (Wildman–Crippen MR) is 76.7 cm³/mol. The van der Waals surface area contributed by atoms with Gasteiger partial charge in [0.2, 0.25) is 0 Å². The molecule has 0 radical (unpaired) electrons. The highest BCUT2D eigenvalue weighted by atomic mass is 32.2. The molecule has 0 spiro atoms. The van der Waals surface area contributed by atoms with Crippen molar-refractivity contribution in [2.45, 2.75) is 11.4 Å². The summed E-state index contributed by atoms with van der Waals surface area (Å²) in [4.78, 5) is 1.20. The Hall–Kier alpha value is -1.99. The zero-order chi connectivity index (χ0) is 13.7. The van der Waals surface area contributed by atoms with Crippen molar-refractivity contribution in [2.75, 3.05) is 11.6 Å². The molecule has 1 N–H and O–H groups in total. The molecular weight excluding hydrogens is 259 g/mol. The molecule has 19 heavy (non-hydrogen) atoms. The van der Waals surface area contributed by atoms with Gasteiger partial charge in [0.05, 0.1) is 5.69 Å². The summed E-state index contributed by atoms with van der Waals surface area (Å²) in [6.45, 7) is 0.562. The Morgan fingerprint density at radius 1 is 1.21 bits per heavy atom. The van der Waals surface area contributed by atoms with Gasteiger partial charge >= 0.3 is 0 Å². The van der Waals surface area contributed by atoms with E-state index in [-0.39, 0.29) is 5.56 Å². The van der Waals surface area contributed by atoms with Crippen LogP contribution in [0.15, 0.2) is 47.4 Å². The van der Waals surface area contributed by atoms with Gasteiger partial charge in [-0.1, -0.05) is 18.2 Å². The second-order valence-electron chi connectivity index (χ2n) is 3.98. The molecule has 0 bridgehead atoms. The maximum Gasteiger partial charge on any atom is 0.143 e. The fourth-order valence-electron chi connectivity index (χ4n) is 1.73. The minimum atomic E-state index is -0.495. The van der Waals surface area contributed by atoms with E-state index in [1.165, 1.54) is 11.0 Å². The lowest BCUT2D eigenvalue weighted by Crippen LogP contribution is -2.02. The number of benzene rings is 2. The van der Waals surface area contributed by atoms with Crippen LogP contribution in [-0.4, -0.2) is 6.26 Å². The minimum absolute atomic E-state index is 0.0585. The Bertz CT molecular complexity index is 603. The van der Waals surface area contributed by atoms with E-state index >= 15 is 0 Å². The van der Waals surface area contributed by atoms with Crippen LogP contribution in [-0.2, 0) is 6.54 Å². The highest BCUT2D eigenvalue weighted by molar-refractivity contribution is 7.98. The average Bonchev–Trinajstić information content (AvgIpc) is 2.45. The molecule has 2 aromatic carbocycles. The number of halogens is 1. The lowest BCUT2D eigenvalue weighted by atomic mass is 10.1. The van der Waals surface area contributed by atoms with E-state index in [0.29, 0.717) is 12.2 Å². The number of nitrogens with zero attached hydrogens (tertiary/aromatic N) is 1. The molecule has 0 amide bonds. The SMILES string of the molecule is CSc1ccc(CNc2cccc(F)c2C#N)cc1. The van der Waals surface area contributed by atoms with E-state index in [9.17, 15) is 4.39 Å². The Morgan fingerprint density at radius 3 is 2.58 bits per heavy atom. The summed E-state index contributed by atoms with van der Waals surface area (Å²) >= 11 is 1.69. The largest absolute Gasteiger partial charge is 0.380 e. The van der Waals surface area contributed by atoms with Crippen LogP contribution in [0, 0.1) is 17.1 Å². The molecule has 0 saturated heterocycles. The second kappa shape index (κ2) is 6.26. The zero-order valence-corrected chi connectivity index (χ0v) is 11.3. The Kier molecular flexibility index (Phi) is 4.43. The van der Waals surface area contributed by atoms with Crippen LogP contribution in [0.4, 0.5) is 10.1 Å². The third kappa shape index (κ3) is 3.27. The van der Waals surface area contributed by atoms with Crippen LogP contribution in [0.3, 0.4) is 0 Å². The number of nitrogens with one attached hydrogen (secondary N) is 1. The number of anilines is 1. The number of hydrogen-bond acceptors (Lipinski definition) is 3. The number of thioether (sulfide) groups is 1. The fourth-order valence-corrected chi connectivity index (χ4v) is 2.13. The highest BCUT2D eigenvalue weighted by Crippen LogP contribution is 2.19. The molecule has 0 unspecified atom stereocenters. The summed E-state index contributed by atoms with van der Waals surface area (Å²) in [5.74, 6) is -0.495. The Morgan fingerprint density at radius 2 is 1.95 bits per heavy atom. The molecule has 2 aromatic rings. The van der Waals surface area contributed by atoms with Crippen molar-refractivity contribution in [1.82, 2.24) is 0 Å². The van der Waals surface area contributed by atoms with Crippen molar-refractivity contribution in [1.29, 1.82) is 5.26 Å². The van der Waals surface area contributed by atoms with Crippen LogP contribution in [0.2, 0.25) is 0 Å². The monoisotopic (exact) mass is 272 g/mol. The summed E-state index contributed by atoms with van der Waals surface area (Å²) in [6, 6.07) is 14.6. The van der Waals surface area contributed by atoms with Crippen molar-refractivity contribution in [2.24, 2.45) is 0 Å². The molecule has 0 aliphatic carbocycles. The molecule has 0 heterocycles. The van der Waals surface area contributed by atoms with Crippen LogP contribution < -0.4 is 5.32 Å². The molecule has 2 nitrogen and oxygen atoms in total. The predicted octanol–water partition coefficient (Wildman–Crippen LogP) is 4.03.